The maximum absolute atomic E-state index is 12.2. The van der Waals surface area contributed by atoms with E-state index < -0.39 is 27.4 Å². The van der Waals surface area contributed by atoms with E-state index in [0.29, 0.717) is 12.4 Å². The molecule has 0 aliphatic rings. The Hall–Kier alpha value is -1.41. The van der Waals surface area contributed by atoms with Crippen molar-refractivity contribution in [2.45, 2.75) is 52.2 Å². The molecule has 0 saturated heterocycles. The number of aliphatic carboxylic acids is 1. The molecule has 0 aliphatic heterocycles. The Morgan fingerprint density at radius 1 is 1.50 bits per heavy atom. The second-order valence-electron chi connectivity index (χ2n) is 5.67. The van der Waals surface area contributed by atoms with Gasteiger partial charge in [-0.25, -0.2) is 13.4 Å². The first-order chi connectivity index (χ1) is 8.99. The Morgan fingerprint density at radius 3 is 2.40 bits per heavy atom. The molecular weight excluding hydrogens is 282 g/mol. The van der Waals surface area contributed by atoms with Crippen LogP contribution in [0.25, 0.3) is 0 Å². The number of rotatable bonds is 5. The number of carboxylic acid groups (broad SMARTS) is 1. The van der Waals surface area contributed by atoms with Crippen LogP contribution in [0, 0.1) is 12.3 Å². The summed E-state index contributed by atoms with van der Waals surface area (Å²) in [6, 6.07) is -1.22. The van der Waals surface area contributed by atoms with Gasteiger partial charge in [0.15, 0.2) is 5.03 Å². The van der Waals surface area contributed by atoms with Crippen LogP contribution in [0.2, 0.25) is 0 Å². The molecule has 0 bridgehead atoms. The third-order valence-electron chi connectivity index (χ3n) is 2.96. The number of aromatic nitrogens is 2. The van der Waals surface area contributed by atoms with E-state index in [-0.39, 0.29) is 5.03 Å². The second kappa shape index (κ2) is 5.53. The summed E-state index contributed by atoms with van der Waals surface area (Å²) in [5.74, 6) is -0.650. The first kappa shape index (κ1) is 16.6. The standard InChI is InChI=1S/C12H21N3O4S/c1-6-15-7-9(13-8(15)2)20(18,19)14-10(11(16)17)12(3,4)5/h7,10,14H,6H2,1-5H3,(H,16,17). The number of nitrogens with zero attached hydrogens (tertiary/aromatic N) is 2. The first-order valence-corrected chi connectivity index (χ1v) is 7.76. The van der Waals surface area contributed by atoms with Crippen LogP contribution in [-0.4, -0.2) is 35.1 Å². The van der Waals surface area contributed by atoms with E-state index in [0.717, 1.165) is 0 Å². The summed E-state index contributed by atoms with van der Waals surface area (Å²) >= 11 is 0. The molecule has 0 radical (unpaired) electrons. The van der Waals surface area contributed by atoms with E-state index in [9.17, 15) is 18.3 Å². The van der Waals surface area contributed by atoms with Gasteiger partial charge in [-0.05, 0) is 19.3 Å². The van der Waals surface area contributed by atoms with E-state index in [1.54, 1.807) is 32.3 Å². The molecule has 0 spiro atoms. The van der Waals surface area contributed by atoms with E-state index in [1.807, 2.05) is 6.92 Å². The third-order valence-corrected chi connectivity index (χ3v) is 4.25. The summed E-state index contributed by atoms with van der Waals surface area (Å²) in [7, 11) is -3.96. The molecule has 0 aromatic carbocycles. The molecule has 20 heavy (non-hydrogen) atoms. The van der Waals surface area contributed by atoms with Crippen molar-refractivity contribution in [3.05, 3.63) is 12.0 Å². The predicted molar refractivity (Wildman–Crippen MR) is 73.8 cm³/mol. The fourth-order valence-electron chi connectivity index (χ4n) is 1.74. The highest BCUT2D eigenvalue weighted by molar-refractivity contribution is 7.89. The summed E-state index contributed by atoms with van der Waals surface area (Å²) in [5, 5.41) is 9.01. The van der Waals surface area contributed by atoms with Gasteiger partial charge in [0.1, 0.15) is 11.9 Å². The van der Waals surface area contributed by atoms with Crippen molar-refractivity contribution in [1.82, 2.24) is 14.3 Å². The van der Waals surface area contributed by atoms with Gasteiger partial charge in [-0.1, -0.05) is 20.8 Å². The number of carboxylic acids is 1. The topological polar surface area (TPSA) is 101 Å². The van der Waals surface area contributed by atoms with Gasteiger partial charge in [-0.2, -0.15) is 4.72 Å². The Balaban J connectivity index is 3.13. The lowest BCUT2D eigenvalue weighted by atomic mass is 9.88. The normalized spacial score (nSPS) is 14.2. The zero-order valence-electron chi connectivity index (χ0n) is 12.3. The van der Waals surface area contributed by atoms with Gasteiger partial charge in [0, 0.05) is 12.7 Å². The van der Waals surface area contributed by atoms with Gasteiger partial charge in [0.05, 0.1) is 0 Å². The molecule has 114 valence electrons. The molecule has 1 unspecified atom stereocenters. The molecule has 0 fully saturated rings. The number of aryl methyl sites for hydroxylation is 2. The van der Waals surface area contributed by atoms with Crippen molar-refractivity contribution < 1.29 is 18.3 Å². The molecule has 0 aliphatic carbocycles. The lowest BCUT2D eigenvalue weighted by molar-refractivity contribution is -0.141. The summed E-state index contributed by atoms with van der Waals surface area (Å²) in [5.41, 5.74) is -0.749. The average Bonchev–Trinajstić information content (AvgIpc) is 2.66. The van der Waals surface area contributed by atoms with Crippen molar-refractivity contribution in [1.29, 1.82) is 0 Å². The number of nitrogens with one attached hydrogen (secondary N) is 1. The highest BCUT2D eigenvalue weighted by Gasteiger charge is 2.36. The van der Waals surface area contributed by atoms with Crippen LogP contribution in [0.3, 0.4) is 0 Å². The van der Waals surface area contributed by atoms with Crippen molar-refractivity contribution in [2.24, 2.45) is 5.41 Å². The molecule has 1 aromatic heterocycles. The van der Waals surface area contributed by atoms with Gasteiger partial charge in [-0.15, -0.1) is 0 Å². The van der Waals surface area contributed by atoms with Crippen LogP contribution in [-0.2, 0) is 21.4 Å². The van der Waals surface area contributed by atoms with Crippen LogP contribution in [0.4, 0.5) is 0 Å². The molecule has 0 amide bonds. The van der Waals surface area contributed by atoms with E-state index in [4.69, 9.17) is 0 Å². The number of hydrogen-bond donors (Lipinski definition) is 2. The van der Waals surface area contributed by atoms with Gasteiger partial charge < -0.3 is 9.67 Å². The fourth-order valence-corrected chi connectivity index (χ4v) is 3.15. The molecule has 7 nitrogen and oxygen atoms in total. The lowest BCUT2D eigenvalue weighted by Crippen LogP contribution is -2.49. The smallest absolute Gasteiger partial charge is 0.322 e. The van der Waals surface area contributed by atoms with E-state index in [1.165, 1.54) is 6.20 Å². The summed E-state index contributed by atoms with van der Waals surface area (Å²) in [4.78, 5) is 15.2. The second-order valence-corrected chi connectivity index (χ2v) is 7.33. The molecule has 8 heteroatoms. The molecule has 1 aromatic rings. The molecule has 1 atom stereocenters. The Bertz CT molecular complexity index is 599. The molecular formula is C12H21N3O4S. The minimum absolute atomic E-state index is 0.160. The Labute approximate surface area is 119 Å². The Morgan fingerprint density at radius 2 is 2.05 bits per heavy atom. The minimum Gasteiger partial charge on any atom is -0.480 e. The van der Waals surface area contributed by atoms with Gasteiger partial charge >= 0.3 is 5.97 Å². The fraction of sp³-hybridized carbons (Fsp3) is 0.667. The molecule has 0 saturated carbocycles. The Kier molecular flexibility index (Phi) is 4.60. The predicted octanol–water partition coefficient (Wildman–Crippen LogP) is 0.989. The number of carbonyl (C=O) groups is 1. The summed E-state index contributed by atoms with van der Waals surface area (Å²) < 4.78 is 28.3. The maximum Gasteiger partial charge on any atom is 0.322 e. The van der Waals surface area contributed by atoms with Crippen molar-refractivity contribution in [3.63, 3.8) is 0 Å². The van der Waals surface area contributed by atoms with E-state index >= 15 is 0 Å². The first-order valence-electron chi connectivity index (χ1n) is 6.28. The molecule has 1 heterocycles. The monoisotopic (exact) mass is 303 g/mol. The highest BCUT2D eigenvalue weighted by atomic mass is 32.2. The van der Waals surface area contributed by atoms with Gasteiger partial charge in [0.25, 0.3) is 10.0 Å². The lowest BCUT2D eigenvalue weighted by Gasteiger charge is -2.27. The van der Waals surface area contributed by atoms with Crippen molar-refractivity contribution >= 4 is 16.0 Å². The van der Waals surface area contributed by atoms with Crippen molar-refractivity contribution in [2.75, 3.05) is 0 Å². The van der Waals surface area contributed by atoms with Gasteiger partial charge in [-0.3, -0.25) is 4.79 Å². The average molecular weight is 303 g/mol. The van der Waals surface area contributed by atoms with Crippen LogP contribution < -0.4 is 4.72 Å². The number of hydrogen-bond acceptors (Lipinski definition) is 4. The maximum atomic E-state index is 12.2. The van der Waals surface area contributed by atoms with Crippen LogP contribution in [0.15, 0.2) is 11.2 Å². The number of imidazole rings is 1. The summed E-state index contributed by atoms with van der Waals surface area (Å²) in [6.45, 7) is 9.13. The van der Waals surface area contributed by atoms with Crippen molar-refractivity contribution in [3.8, 4) is 0 Å². The summed E-state index contributed by atoms with van der Waals surface area (Å²) in [6.07, 6.45) is 1.40. The van der Waals surface area contributed by atoms with Gasteiger partial charge in [0.2, 0.25) is 0 Å². The third kappa shape index (κ3) is 3.57. The van der Waals surface area contributed by atoms with E-state index in [2.05, 4.69) is 9.71 Å². The zero-order valence-corrected chi connectivity index (χ0v) is 13.2. The number of sulfonamides is 1. The molecule has 2 N–H and O–H groups in total. The zero-order chi connectivity index (χ0) is 15.7. The largest absolute Gasteiger partial charge is 0.480 e. The quantitative estimate of drug-likeness (QED) is 0.844. The minimum atomic E-state index is -3.96. The van der Waals surface area contributed by atoms with Crippen LogP contribution >= 0.6 is 0 Å². The highest BCUT2D eigenvalue weighted by Crippen LogP contribution is 2.21. The van der Waals surface area contributed by atoms with Crippen LogP contribution in [0.1, 0.15) is 33.5 Å². The van der Waals surface area contributed by atoms with Crippen LogP contribution in [0.5, 0.6) is 0 Å². The SMILES string of the molecule is CCn1cc(S(=O)(=O)NC(C(=O)O)C(C)(C)C)nc1C. The molecule has 1 rings (SSSR count).